The van der Waals surface area contributed by atoms with Gasteiger partial charge >= 0.3 is 0 Å². The Balaban J connectivity index is 2.12. The minimum Gasteiger partial charge on any atom is -0.512 e. The van der Waals surface area contributed by atoms with E-state index >= 15 is 0 Å². The van der Waals surface area contributed by atoms with Crippen molar-refractivity contribution in [1.29, 1.82) is 0 Å². The number of Topliss-reactive ketones (excluding diaryl/α,β-unsaturated/α-hetero) is 1. The molecule has 2 rings (SSSR count). The van der Waals surface area contributed by atoms with E-state index in [2.05, 4.69) is 15.9 Å². The second kappa shape index (κ2) is 4.42. The number of carbonyl (C=O) groups excluding carboxylic acids is 1. The molecule has 16 heavy (non-hydrogen) atoms. The fourth-order valence-electron chi connectivity index (χ4n) is 2.00. The predicted molar refractivity (Wildman–Crippen MR) is 66.3 cm³/mol. The van der Waals surface area contributed by atoms with Crippen molar-refractivity contribution in [2.45, 2.75) is 19.8 Å². The summed E-state index contributed by atoms with van der Waals surface area (Å²) in [5.41, 5.74) is 1.67. The molecule has 0 aromatic heterocycles. The molecule has 0 spiro atoms. The molecular weight excluding hydrogens is 268 g/mol. The molecule has 1 N–H and O–H groups in total. The van der Waals surface area contributed by atoms with Crippen LogP contribution in [0.1, 0.15) is 18.9 Å². The molecule has 1 aliphatic rings. The highest BCUT2D eigenvalue weighted by molar-refractivity contribution is 9.10. The highest BCUT2D eigenvalue weighted by Crippen LogP contribution is 2.30. The first-order valence-electron chi connectivity index (χ1n) is 5.25. The smallest absolute Gasteiger partial charge is 0.162 e. The molecule has 0 bridgehead atoms. The van der Waals surface area contributed by atoms with Crippen molar-refractivity contribution in [3.05, 3.63) is 45.6 Å². The van der Waals surface area contributed by atoms with E-state index in [-0.39, 0.29) is 17.5 Å². The minimum absolute atomic E-state index is 0.0336. The van der Waals surface area contributed by atoms with Crippen LogP contribution >= 0.6 is 15.9 Å². The molecule has 1 atom stereocenters. The van der Waals surface area contributed by atoms with Crippen LogP contribution in [-0.4, -0.2) is 10.9 Å². The van der Waals surface area contributed by atoms with Crippen LogP contribution in [0.4, 0.5) is 0 Å². The molecule has 1 aromatic rings. The lowest BCUT2D eigenvalue weighted by atomic mass is 9.98. The Labute approximate surface area is 103 Å². The Morgan fingerprint density at radius 1 is 1.38 bits per heavy atom. The van der Waals surface area contributed by atoms with Gasteiger partial charge < -0.3 is 5.11 Å². The second-order valence-corrected chi connectivity index (χ2v) is 5.08. The van der Waals surface area contributed by atoms with Gasteiger partial charge in [-0.3, -0.25) is 4.79 Å². The second-order valence-electron chi connectivity index (χ2n) is 4.17. The first-order chi connectivity index (χ1) is 7.58. The van der Waals surface area contributed by atoms with Gasteiger partial charge in [0.25, 0.3) is 0 Å². The molecule has 0 heterocycles. The van der Waals surface area contributed by atoms with E-state index in [9.17, 15) is 9.90 Å². The first kappa shape index (κ1) is 11.4. The van der Waals surface area contributed by atoms with E-state index in [0.29, 0.717) is 12.0 Å². The summed E-state index contributed by atoms with van der Waals surface area (Å²) in [6.45, 7) is 1.69. The molecule has 2 nitrogen and oxygen atoms in total. The number of benzene rings is 1. The molecule has 0 amide bonds. The number of halogens is 1. The maximum absolute atomic E-state index is 11.4. The van der Waals surface area contributed by atoms with E-state index in [1.54, 1.807) is 6.92 Å². The zero-order valence-corrected chi connectivity index (χ0v) is 10.6. The van der Waals surface area contributed by atoms with E-state index in [1.165, 1.54) is 0 Å². The summed E-state index contributed by atoms with van der Waals surface area (Å²) in [4.78, 5) is 11.4. The maximum atomic E-state index is 11.4. The number of rotatable bonds is 2. The number of hydrogen-bond donors (Lipinski definition) is 1. The zero-order valence-electron chi connectivity index (χ0n) is 9.03. The van der Waals surface area contributed by atoms with Crippen LogP contribution in [0.25, 0.3) is 0 Å². The Kier molecular flexibility index (Phi) is 3.15. The fraction of sp³-hybridized carbons (Fsp3) is 0.308. The Hall–Kier alpha value is -1.09. The van der Waals surface area contributed by atoms with E-state index < -0.39 is 0 Å². The molecule has 3 heteroatoms. The van der Waals surface area contributed by atoms with Crippen molar-refractivity contribution in [1.82, 2.24) is 0 Å². The van der Waals surface area contributed by atoms with E-state index in [0.717, 1.165) is 16.5 Å². The first-order valence-corrected chi connectivity index (χ1v) is 6.04. The van der Waals surface area contributed by atoms with Gasteiger partial charge in [-0.2, -0.15) is 0 Å². The monoisotopic (exact) mass is 280 g/mol. The van der Waals surface area contributed by atoms with Gasteiger partial charge in [0.15, 0.2) is 5.78 Å². The average Bonchev–Trinajstić information content (AvgIpc) is 2.50. The lowest BCUT2D eigenvalue weighted by molar-refractivity contribution is -0.115. The van der Waals surface area contributed by atoms with Crippen molar-refractivity contribution in [3.63, 3.8) is 0 Å². The molecule has 84 valence electrons. The van der Waals surface area contributed by atoms with E-state index in [4.69, 9.17) is 0 Å². The molecule has 1 aromatic carbocycles. The van der Waals surface area contributed by atoms with Crippen LogP contribution in [0, 0.1) is 5.92 Å². The fourth-order valence-corrected chi connectivity index (χ4v) is 2.26. The van der Waals surface area contributed by atoms with Gasteiger partial charge in [-0.05, 0) is 31.0 Å². The number of hydrogen-bond acceptors (Lipinski definition) is 2. The Morgan fingerprint density at radius 3 is 2.50 bits per heavy atom. The van der Waals surface area contributed by atoms with Gasteiger partial charge in [-0.15, -0.1) is 0 Å². The SMILES string of the molecule is CC1=C(O)[C@H](Cc2ccc(Br)cc2)CC1=O. The summed E-state index contributed by atoms with van der Waals surface area (Å²) < 4.78 is 1.04. The number of ketones is 1. The van der Waals surface area contributed by atoms with Gasteiger partial charge in [0, 0.05) is 22.4 Å². The predicted octanol–water partition coefficient (Wildman–Crippen LogP) is 3.41. The molecule has 0 saturated carbocycles. The molecule has 0 radical (unpaired) electrons. The highest BCUT2D eigenvalue weighted by atomic mass is 79.9. The third-order valence-corrected chi connectivity index (χ3v) is 3.54. The van der Waals surface area contributed by atoms with Crippen LogP contribution in [0.5, 0.6) is 0 Å². The van der Waals surface area contributed by atoms with Crippen LogP contribution < -0.4 is 0 Å². The van der Waals surface area contributed by atoms with Gasteiger partial charge in [0.05, 0.1) is 0 Å². The molecule has 0 unspecified atom stereocenters. The number of aliphatic hydroxyl groups is 1. The average molecular weight is 281 g/mol. The number of carbonyl (C=O) groups is 1. The van der Waals surface area contributed by atoms with Crippen LogP contribution in [-0.2, 0) is 11.2 Å². The third-order valence-electron chi connectivity index (χ3n) is 3.02. The van der Waals surface area contributed by atoms with Crippen molar-refractivity contribution in [2.24, 2.45) is 5.92 Å². The van der Waals surface area contributed by atoms with Crippen molar-refractivity contribution in [2.75, 3.05) is 0 Å². The molecule has 0 aliphatic heterocycles. The largest absolute Gasteiger partial charge is 0.512 e. The topological polar surface area (TPSA) is 37.3 Å². The summed E-state index contributed by atoms with van der Waals surface area (Å²) in [6.07, 6.45) is 1.16. The standard InChI is InChI=1S/C13H13BrO2/c1-8-12(15)7-10(13(8)16)6-9-2-4-11(14)5-3-9/h2-5,10,16H,6-7H2,1H3/t10-/m1/s1. The van der Waals surface area contributed by atoms with Crippen molar-refractivity contribution in [3.8, 4) is 0 Å². The van der Waals surface area contributed by atoms with Crippen molar-refractivity contribution < 1.29 is 9.90 Å². The third kappa shape index (κ3) is 2.19. The Bertz CT molecular complexity index is 446. The van der Waals surface area contributed by atoms with Crippen LogP contribution in [0.15, 0.2) is 40.1 Å². The van der Waals surface area contributed by atoms with Crippen molar-refractivity contribution >= 4 is 21.7 Å². The molecule has 1 aliphatic carbocycles. The normalized spacial score (nSPS) is 20.6. The quantitative estimate of drug-likeness (QED) is 0.902. The minimum atomic E-state index is -0.0336. The summed E-state index contributed by atoms with van der Waals surface area (Å²) >= 11 is 3.38. The highest BCUT2D eigenvalue weighted by Gasteiger charge is 2.29. The lowest BCUT2D eigenvalue weighted by Gasteiger charge is -2.09. The summed E-state index contributed by atoms with van der Waals surface area (Å²) in [5.74, 6) is 0.307. The van der Waals surface area contributed by atoms with Gasteiger partial charge in [0.1, 0.15) is 5.76 Å². The van der Waals surface area contributed by atoms with Gasteiger partial charge in [0.2, 0.25) is 0 Å². The summed E-state index contributed by atoms with van der Waals surface area (Å²) in [6, 6.07) is 7.96. The van der Waals surface area contributed by atoms with E-state index in [1.807, 2.05) is 24.3 Å². The lowest BCUT2D eigenvalue weighted by Crippen LogP contribution is -2.04. The Morgan fingerprint density at radius 2 is 2.00 bits per heavy atom. The van der Waals surface area contributed by atoms with Gasteiger partial charge in [-0.25, -0.2) is 0 Å². The maximum Gasteiger partial charge on any atom is 0.162 e. The molecule has 0 fully saturated rings. The molecule has 0 saturated heterocycles. The molecular formula is C13H13BrO2. The van der Waals surface area contributed by atoms with Crippen LogP contribution in [0.3, 0.4) is 0 Å². The summed E-state index contributed by atoms with van der Waals surface area (Å²) in [7, 11) is 0. The summed E-state index contributed by atoms with van der Waals surface area (Å²) in [5, 5.41) is 9.79. The zero-order chi connectivity index (χ0) is 11.7. The van der Waals surface area contributed by atoms with Gasteiger partial charge in [-0.1, -0.05) is 28.1 Å². The van der Waals surface area contributed by atoms with Crippen LogP contribution in [0.2, 0.25) is 0 Å². The number of aliphatic hydroxyl groups excluding tert-OH is 1. The number of allylic oxidation sites excluding steroid dienone is 2.